The molecular weight excluding hydrogens is 549 g/mol. The predicted octanol–water partition coefficient (Wildman–Crippen LogP) is 4.89. The molecule has 2 heterocycles. The molecule has 0 unspecified atom stereocenters. The van der Waals surface area contributed by atoms with Crippen molar-refractivity contribution in [1.29, 1.82) is 0 Å². The quantitative estimate of drug-likeness (QED) is 0.335. The van der Waals surface area contributed by atoms with Crippen LogP contribution in [0.3, 0.4) is 0 Å². The average molecular weight is 581 g/mol. The van der Waals surface area contributed by atoms with Crippen molar-refractivity contribution in [3.8, 4) is 22.8 Å². The van der Waals surface area contributed by atoms with Gasteiger partial charge in [0.15, 0.2) is 5.82 Å². The number of carboxylic acid groups (broad SMARTS) is 1. The van der Waals surface area contributed by atoms with Gasteiger partial charge in [-0.25, -0.2) is 19.4 Å². The van der Waals surface area contributed by atoms with E-state index in [0.29, 0.717) is 35.8 Å². The van der Waals surface area contributed by atoms with Crippen molar-refractivity contribution < 1.29 is 46.8 Å². The minimum Gasteiger partial charge on any atom is -0.465 e. The van der Waals surface area contributed by atoms with Gasteiger partial charge in [0.1, 0.15) is 24.3 Å². The van der Waals surface area contributed by atoms with E-state index in [-0.39, 0.29) is 18.5 Å². The number of hydrogen-bond donors (Lipinski definition) is 1. The molecule has 0 aliphatic carbocycles. The third-order valence-corrected chi connectivity index (χ3v) is 6.67. The lowest BCUT2D eigenvalue weighted by atomic mass is 9.92. The van der Waals surface area contributed by atoms with Crippen LogP contribution in [-0.2, 0) is 18.9 Å². The van der Waals surface area contributed by atoms with E-state index < -0.39 is 30.4 Å². The van der Waals surface area contributed by atoms with Crippen molar-refractivity contribution in [3.05, 3.63) is 54.9 Å². The van der Waals surface area contributed by atoms with Crippen molar-refractivity contribution in [3.63, 3.8) is 0 Å². The predicted molar refractivity (Wildman–Crippen MR) is 140 cm³/mol. The topological polar surface area (TPSA) is 117 Å². The van der Waals surface area contributed by atoms with Gasteiger partial charge in [0, 0.05) is 26.4 Å². The average Bonchev–Trinajstić information content (AvgIpc) is 3.43. The third-order valence-electron chi connectivity index (χ3n) is 6.67. The molecule has 1 aliphatic rings. The number of anilines is 1. The van der Waals surface area contributed by atoms with Crippen LogP contribution in [0.15, 0.2) is 54.9 Å². The van der Waals surface area contributed by atoms with E-state index in [2.05, 4.69) is 14.8 Å². The van der Waals surface area contributed by atoms with Crippen LogP contribution in [-0.4, -0.2) is 83.8 Å². The molecule has 41 heavy (non-hydrogen) atoms. The fourth-order valence-electron chi connectivity index (χ4n) is 4.74. The van der Waals surface area contributed by atoms with Gasteiger partial charge in [-0.15, -0.1) is 18.3 Å². The lowest BCUT2D eigenvalue weighted by molar-refractivity contribution is -0.274. The highest BCUT2D eigenvalue weighted by Crippen LogP contribution is 2.38. The molecule has 1 aliphatic heterocycles. The van der Waals surface area contributed by atoms with Gasteiger partial charge < -0.3 is 28.8 Å². The van der Waals surface area contributed by atoms with Gasteiger partial charge in [-0.3, -0.25) is 0 Å². The summed E-state index contributed by atoms with van der Waals surface area (Å²) in [6, 6.07) is 11.6. The summed E-state index contributed by atoms with van der Waals surface area (Å²) >= 11 is 0. The summed E-state index contributed by atoms with van der Waals surface area (Å²) in [5, 5.41) is 14.7. The first-order valence-corrected chi connectivity index (χ1v) is 12.8. The lowest BCUT2D eigenvalue weighted by Gasteiger charge is -2.51. The largest absolute Gasteiger partial charge is 0.573 e. The van der Waals surface area contributed by atoms with E-state index in [0.717, 1.165) is 4.90 Å². The minimum absolute atomic E-state index is 0.0915. The number of hydrogen-bond acceptors (Lipinski definition) is 8. The number of alkyl halides is 3. The molecule has 2 aromatic carbocycles. The van der Waals surface area contributed by atoms with Gasteiger partial charge in [-0.05, 0) is 61.9 Å². The zero-order valence-corrected chi connectivity index (χ0v) is 22.9. The molecule has 1 saturated heterocycles. The molecule has 0 bridgehead atoms. The molecule has 4 atom stereocenters. The molecule has 3 aromatic rings. The normalized spacial score (nSPS) is 22.9. The van der Waals surface area contributed by atoms with Crippen LogP contribution in [0, 0.1) is 0 Å². The summed E-state index contributed by atoms with van der Waals surface area (Å²) < 4.78 is 66.1. The number of benzene rings is 2. The number of methoxy groups -OCH3 is 2. The van der Waals surface area contributed by atoms with Crippen LogP contribution in [0.5, 0.6) is 5.75 Å². The SMILES string of the molecule is CCCO[C@@H]1[C@@H](OC)[C@H](C)OC[C@]1(OC)N(C(=O)O)c1ccc(-c2ncn(-c3ccc(OC(F)(F)F)cc3)n2)cc1. The first-order valence-electron chi connectivity index (χ1n) is 12.8. The van der Waals surface area contributed by atoms with Crippen LogP contribution in [0.1, 0.15) is 20.3 Å². The monoisotopic (exact) mass is 580 g/mol. The van der Waals surface area contributed by atoms with E-state index in [1.54, 1.807) is 24.3 Å². The van der Waals surface area contributed by atoms with Crippen LogP contribution in [0.25, 0.3) is 17.1 Å². The Bertz CT molecular complexity index is 1300. The molecule has 11 nitrogen and oxygen atoms in total. The van der Waals surface area contributed by atoms with Crippen molar-refractivity contribution in [2.75, 3.05) is 32.3 Å². The van der Waals surface area contributed by atoms with Crippen molar-refractivity contribution in [1.82, 2.24) is 14.8 Å². The van der Waals surface area contributed by atoms with E-state index in [4.69, 9.17) is 18.9 Å². The van der Waals surface area contributed by atoms with Crippen LogP contribution >= 0.6 is 0 Å². The summed E-state index contributed by atoms with van der Waals surface area (Å²) in [6.45, 7) is 4.04. The number of carbonyl (C=O) groups is 1. The Labute approximate surface area is 234 Å². The molecule has 1 aromatic heterocycles. The Morgan fingerprint density at radius 2 is 1.85 bits per heavy atom. The first kappa shape index (κ1) is 30.2. The number of amides is 1. The maximum Gasteiger partial charge on any atom is 0.573 e. The summed E-state index contributed by atoms with van der Waals surface area (Å²) in [5.41, 5.74) is -0.215. The molecular formula is C27H31F3N4O7. The summed E-state index contributed by atoms with van der Waals surface area (Å²) in [6.07, 6.45) is -5.70. The minimum atomic E-state index is -4.79. The first-order chi connectivity index (χ1) is 19.5. The second kappa shape index (κ2) is 12.4. The van der Waals surface area contributed by atoms with E-state index in [1.807, 2.05) is 13.8 Å². The van der Waals surface area contributed by atoms with E-state index >= 15 is 0 Å². The Kier molecular flexibility index (Phi) is 9.17. The number of nitrogens with zero attached hydrogens (tertiary/aromatic N) is 4. The highest BCUT2D eigenvalue weighted by atomic mass is 19.4. The second-order valence-corrected chi connectivity index (χ2v) is 9.28. The molecule has 1 fully saturated rings. The fraction of sp³-hybridized carbons (Fsp3) is 0.444. The zero-order valence-electron chi connectivity index (χ0n) is 22.9. The van der Waals surface area contributed by atoms with Gasteiger partial charge in [-0.1, -0.05) is 6.92 Å². The fourth-order valence-corrected chi connectivity index (χ4v) is 4.74. The Morgan fingerprint density at radius 1 is 1.17 bits per heavy atom. The smallest absolute Gasteiger partial charge is 0.465 e. The number of halogens is 3. The van der Waals surface area contributed by atoms with Gasteiger partial charge in [0.25, 0.3) is 0 Å². The molecule has 1 amide bonds. The Hall–Kier alpha value is -3.72. The molecule has 0 spiro atoms. The summed E-state index contributed by atoms with van der Waals surface area (Å²) in [7, 11) is 2.91. The number of rotatable bonds is 10. The lowest BCUT2D eigenvalue weighted by Crippen LogP contribution is -2.71. The molecule has 4 rings (SSSR count). The highest BCUT2D eigenvalue weighted by molar-refractivity contribution is 5.88. The van der Waals surface area contributed by atoms with Crippen LogP contribution < -0.4 is 9.64 Å². The molecule has 222 valence electrons. The van der Waals surface area contributed by atoms with Gasteiger partial charge >= 0.3 is 12.5 Å². The molecule has 14 heteroatoms. The van der Waals surface area contributed by atoms with Crippen molar-refractivity contribution in [2.45, 2.75) is 50.7 Å². The standard InChI is InChI=1S/C27H31F3N4O7/c1-5-14-39-23-22(37-3)17(2)40-15-26(23,38-4)34(25(35)36)20-8-6-18(7-9-20)24-31-16-33(32-24)19-10-12-21(13-11-19)41-27(28,29)30/h6-13,16-17,22-23H,5,14-15H2,1-4H3,(H,35,36)/t17-,22-,23+,26+/m0/s1. The van der Waals surface area contributed by atoms with E-state index in [9.17, 15) is 23.1 Å². The number of ether oxygens (including phenoxy) is 5. The molecule has 0 saturated carbocycles. The highest BCUT2D eigenvalue weighted by Gasteiger charge is 2.57. The second-order valence-electron chi connectivity index (χ2n) is 9.28. The molecule has 1 N–H and O–H groups in total. The summed E-state index contributed by atoms with van der Waals surface area (Å²) in [5.74, 6) is -0.0418. The van der Waals surface area contributed by atoms with Gasteiger partial charge in [-0.2, -0.15) is 0 Å². The Balaban J connectivity index is 1.61. The van der Waals surface area contributed by atoms with Crippen molar-refractivity contribution in [2.24, 2.45) is 0 Å². The third kappa shape index (κ3) is 6.45. The maximum absolute atomic E-state index is 12.7. The van der Waals surface area contributed by atoms with Crippen LogP contribution in [0.2, 0.25) is 0 Å². The van der Waals surface area contributed by atoms with Crippen molar-refractivity contribution >= 4 is 11.8 Å². The zero-order chi connectivity index (χ0) is 29.8. The summed E-state index contributed by atoms with van der Waals surface area (Å²) in [4.78, 5) is 18.0. The molecule has 0 radical (unpaired) electrons. The van der Waals surface area contributed by atoms with Crippen LogP contribution in [0.4, 0.5) is 23.7 Å². The van der Waals surface area contributed by atoms with E-state index in [1.165, 1.54) is 49.5 Å². The van der Waals surface area contributed by atoms with Gasteiger partial charge in [0.2, 0.25) is 5.72 Å². The van der Waals surface area contributed by atoms with Gasteiger partial charge in [0.05, 0.1) is 24.1 Å². The Morgan fingerprint density at radius 3 is 2.41 bits per heavy atom. The maximum atomic E-state index is 12.7. The number of aromatic nitrogens is 3.